The summed E-state index contributed by atoms with van der Waals surface area (Å²) in [6, 6.07) is 8.09. The molecule has 3 rings (SSSR count). The van der Waals surface area contributed by atoms with Gasteiger partial charge in [0.2, 0.25) is 0 Å². The summed E-state index contributed by atoms with van der Waals surface area (Å²) in [6.45, 7) is 2.89. The van der Waals surface area contributed by atoms with Crippen molar-refractivity contribution in [3.63, 3.8) is 0 Å². The highest BCUT2D eigenvalue weighted by molar-refractivity contribution is 5.97. The Hall–Kier alpha value is -1.81. The highest BCUT2D eigenvalue weighted by Crippen LogP contribution is 2.33. The summed E-state index contributed by atoms with van der Waals surface area (Å²) in [5.74, 6) is 0.606. The van der Waals surface area contributed by atoms with Crippen molar-refractivity contribution < 1.29 is 4.74 Å². The summed E-state index contributed by atoms with van der Waals surface area (Å²) in [5.41, 5.74) is 9.22. The van der Waals surface area contributed by atoms with Crippen molar-refractivity contribution in [3.8, 4) is 0 Å². The molecule has 4 nitrogen and oxygen atoms in total. The van der Waals surface area contributed by atoms with Gasteiger partial charge in [-0.25, -0.2) is 0 Å². The van der Waals surface area contributed by atoms with Crippen LogP contribution in [0.5, 0.6) is 0 Å². The minimum atomic E-state index is 0.606. The van der Waals surface area contributed by atoms with E-state index in [-0.39, 0.29) is 0 Å². The number of ether oxygens (including phenoxy) is 1. The van der Waals surface area contributed by atoms with Crippen LogP contribution in [-0.2, 0) is 4.74 Å². The highest BCUT2D eigenvalue weighted by atomic mass is 16.5. The molecule has 1 atom stereocenters. The molecule has 1 fully saturated rings. The van der Waals surface area contributed by atoms with Gasteiger partial charge in [-0.05, 0) is 30.7 Å². The van der Waals surface area contributed by atoms with Gasteiger partial charge in [0.15, 0.2) is 0 Å². The van der Waals surface area contributed by atoms with E-state index in [4.69, 9.17) is 10.5 Å². The molecule has 1 unspecified atom stereocenters. The molecule has 1 saturated heterocycles. The van der Waals surface area contributed by atoms with Crippen molar-refractivity contribution in [2.45, 2.75) is 6.42 Å². The number of rotatable bonds is 3. The molecular weight excluding hydrogens is 238 g/mol. The molecule has 0 spiro atoms. The van der Waals surface area contributed by atoms with Crippen molar-refractivity contribution in [2.24, 2.45) is 5.92 Å². The second kappa shape index (κ2) is 5.05. The van der Waals surface area contributed by atoms with E-state index in [9.17, 15) is 0 Å². The predicted octanol–water partition coefficient (Wildman–Crippen LogP) is 2.29. The van der Waals surface area contributed by atoms with Crippen LogP contribution in [0, 0.1) is 5.92 Å². The lowest BCUT2D eigenvalue weighted by atomic mass is 10.1. The van der Waals surface area contributed by atoms with E-state index in [1.165, 1.54) is 6.42 Å². The summed E-state index contributed by atoms with van der Waals surface area (Å²) in [6.07, 6.45) is 2.96. The van der Waals surface area contributed by atoms with Gasteiger partial charge in [0.25, 0.3) is 0 Å². The molecule has 0 amide bonds. The molecule has 4 heteroatoms. The van der Waals surface area contributed by atoms with Crippen LogP contribution in [0.4, 0.5) is 11.4 Å². The molecule has 0 radical (unpaired) electrons. The third-order valence-corrected chi connectivity index (χ3v) is 3.83. The zero-order chi connectivity index (χ0) is 13.2. The molecule has 0 saturated carbocycles. The van der Waals surface area contributed by atoms with Crippen molar-refractivity contribution in [2.75, 3.05) is 37.4 Å². The minimum absolute atomic E-state index is 0.606. The van der Waals surface area contributed by atoms with Crippen molar-refractivity contribution in [1.82, 2.24) is 4.98 Å². The second-order valence-electron chi connectivity index (χ2n) is 5.12. The SMILES string of the molecule is COCC1CCN(c2ccc3ncccc3c2N)C1. The van der Waals surface area contributed by atoms with Gasteiger partial charge in [-0.1, -0.05) is 0 Å². The van der Waals surface area contributed by atoms with Crippen LogP contribution in [0.15, 0.2) is 30.5 Å². The number of nitrogens with two attached hydrogens (primary N) is 1. The maximum atomic E-state index is 6.31. The zero-order valence-electron chi connectivity index (χ0n) is 11.2. The van der Waals surface area contributed by atoms with Crippen molar-refractivity contribution in [1.29, 1.82) is 0 Å². The first kappa shape index (κ1) is 12.2. The summed E-state index contributed by atoms with van der Waals surface area (Å²) in [5, 5.41) is 1.04. The van der Waals surface area contributed by atoms with Gasteiger partial charge in [-0.3, -0.25) is 4.98 Å². The third-order valence-electron chi connectivity index (χ3n) is 3.83. The molecule has 1 aliphatic rings. The van der Waals surface area contributed by atoms with Gasteiger partial charge in [-0.2, -0.15) is 0 Å². The average Bonchev–Trinajstić information content (AvgIpc) is 2.88. The summed E-state index contributed by atoms with van der Waals surface area (Å²) < 4.78 is 5.24. The normalized spacial score (nSPS) is 19.2. The molecular formula is C15H19N3O. The Kier molecular flexibility index (Phi) is 3.25. The number of nitrogen functional groups attached to an aromatic ring is 1. The lowest BCUT2D eigenvalue weighted by Gasteiger charge is -2.21. The molecule has 0 bridgehead atoms. The molecule has 1 aromatic carbocycles. The number of aromatic nitrogens is 1. The number of fused-ring (bicyclic) bond motifs is 1. The first-order valence-corrected chi connectivity index (χ1v) is 6.66. The van der Waals surface area contributed by atoms with Gasteiger partial charge < -0.3 is 15.4 Å². The summed E-state index contributed by atoms with van der Waals surface area (Å²) in [4.78, 5) is 6.69. The summed E-state index contributed by atoms with van der Waals surface area (Å²) >= 11 is 0. The van der Waals surface area contributed by atoms with E-state index in [0.717, 1.165) is 42.0 Å². The van der Waals surface area contributed by atoms with Gasteiger partial charge in [0.05, 0.1) is 23.5 Å². The number of hydrogen-bond acceptors (Lipinski definition) is 4. The summed E-state index contributed by atoms with van der Waals surface area (Å²) in [7, 11) is 1.76. The average molecular weight is 257 g/mol. The molecule has 19 heavy (non-hydrogen) atoms. The first-order valence-electron chi connectivity index (χ1n) is 6.66. The molecule has 100 valence electrons. The van der Waals surface area contributed by atoms with Crippen LogP contribution in [-0.4, -0.2) is 31.8 Å². The van der Waals surface area contributed by atoms with E-state index < -0.39 is 0 Å². The van der Waals surface area contributed by atoms with Crippen molar-refractivity contribution in [3.05, 3.63) is 30.5 Å². The Morgan fingerprint density at radius 2 is 2.32 bits per heavy atom. The van der Waals surface area contributed by atoms with Crippen LogP contribution in [0.1, 0.15) is 6.42 Å². The third kappa shape index (κ3) is 2.24. The van der Waals surface area contributed by atoms with Crippen LogP contribution in [0.3, 0.4) is 0 Å². The van der Waals surface area contributed by atoms with E-state index in [1.54, 1.807) is 13.3 Å². The van der Waals surface area contributed by atoms with Crippen molar-refractivity contribution >= 4 is 22.3 Å². The number of benzene rings is 1. The Morgan fingerprint density at radius 3 is 3.16 bits per heavy atom. The van der Waals surface area contributed by atoms with Gasteiger partial charge >= 0.3 is 0 Å². The minimum Gasteiger partial charge on any atom is -0.396 e. The Bertz CT molecular complexity index is 585. The largest absolute Gasteiger partial charge is 0.396 e. The molecule has 1 aromatic heterocycles. The molecule has 2 heterocycles. The monoisotopic (exact) mass is 257 g/mol. The number of methoxy groups -OCH3 is 1. The number of nitrogens with zero attached hydrogens (tertiary/aromatic N) is 2. The fraction of sp³-hybridized carbons (Fsp3) is 0.400. The number of pyridine rings is 1. The van der Waals surface area contributed by atoms with Crippen LogP contribution < -0.4 is 10.6 Å². The predicted molar refractivity (Wildman–Crippen MR) is 78.4 cm³/mol. The first-order chi connectivity index (χ1) is 9.29. The second-order valence-corrected chi connectivity index (χ2v) is 5.12. The van der Waals surface area contributed by atoms with E-state index in [2.05, 4.69) is 16.0 Å². The standard InChI is InChI=1S/C15H19N3O/c1-19-10-11-6-8-18(9-11)14-5-4-13-12(15(14)16)3-2-7-17-13/h2-5,7,11H,6,8-10,16H2,1H3. The van der Waals surface area contributed by atoms with E-state index in [0.29, 0.717) is 5.92 Å². The van der Waals surface area contributed by atoms with Gasteiger partial charge in [-0.15, -0.1) is 0 Å². The number of hydrogen-bond donors (Lipinski definition) is 1. The van der Waals surface area contributed by atoms with Gasteiger partial charge in [0.1, 0.15) is 0 Å². The number of anilines is 2. The Balaban J connectivity index is 1.91. The Morgan fingerprint density at radius 1 is 1.42 bits per heavy atom. The topological polar surface area (TPSA) is 51.4 Å². The molecule has 1 aliphatic heterocycles. The smallest absolute Gasteiger partial charge is 0.0724 e. The quantitative estimate of drug-likeness (QED) is 0.857. The highest BCUT2D eigenvalue weighted by Gasteiger charge is 2.24. The Labute approximate surface area is 113 Å². The maximum absolute atomic E-state index is 6.31. The van der Waals surface area contributed by atoms with Crippen LogP contribution in [0.2, 0.25) is 0 Å². The van der Waals surface area contributed by atoms with Crippen LogP contribution >= 0.6 is 0 Å². The lowest BCUT2D eigenvalue weighted by molar-refractivity contribution is 0.161. The van der Waals surface area contributed by atoms with E-state index >= 15 is 0 Å². The fourth-order valence-corrected chi connectivity index (χ4v) is 2.86. The van der Waals surface area contributed by atoms with Gasteiger partial charge in [0, 0.05) is 37.7 Å². The fourth-order valence-electron chi connectivity index (χ4n) is 2.86. The molecule has 2 aromatic rings. The zero-order valence-corrected chi connectivity index (χ0v) is 11.2. The lowest BCUT2D eigenvalue weighted by Crippen LogP contribution is -2.22. The van der Waals surface area contributed by atoms with Crippen LogP contribution in [0.25, 0.3) is 10.9 Å². The molecule has 0 aliphatic carbocycles. The maximum Gasteiger partial charge on any atom is 0.0724 e. The van der Waals surface area contributed by atoms with E-state index in [1.807, 2.05) is 18.2 Å². The molecule has 2 N–H and O–H groups in total.